The predicted molar refractivity (Wildman–Crippen MR) is 95.9 cm³/mol. The maximum absolute atomic E-state index is 13.7. The van der Waals surface area contributed by atoms with Crippen molar-refractivity contribution in [3.63, 3.8) is 0 Å². The average Bonchev–Trinajstić information content (AvgIpc) is 3.07. The number of aromatic nitrogens is 2. The number of benzene rings is 1. The molecule has 0 saturated heterocycles. The molecule has 0 aliphatic rings. The lowest BCUT2D eigenvalue weighted by atomic mass is 10.1. The normalized spacial score (nSPS) is 10.6. The number of carboxylic acid groups (broad SMARTS) is 1. The van der Waals surface area contributed by atoms with Gasteiger partial charge in [-0.2, -0.15) is 0 Å². The third kappa shape index (κ3) is 3.55. The lowest BCUT2D eigenvalue weighted by Gasteiger charge is -2.08. The molecule has 0 saturated carbocycles. The highest BCUT2D eigenvalue weighted by Gasteiger charge is 2.20. The van der Waals surface area contributed by atoms with E-state index in [0.29, 0.717) is 5.56 Å². The van der Waals surface area contributed by atoms with Crippen molar-refractivity contribution in [3.05, 3.63) is 62.6 Å². The molecule has 3 rings (SSSR count). The maximum atomic E-state index is 13.7. The zero-order valence-corrected chi connectivity index (χ0v) is 14.6. The fourth-order valence-corrected chi connectivity index (χ4v) is 3.04. The van der Waals surface area contributed by atoms with E-state index in [1.54, 1.807) is 12.3 Å². The zero-order valence-electron chi connectivity index (χ0n) is 13.7. The quantitative estimate of drug-likeness (QED) is 0.542. The molecule has 0 aliphatic heterocycles. The molecule has 8 nitrogen and oxygen atoms in total. The van der Waals surface area contributed by atoms with Crippen LogP contribution in [-0.2, 0) is 0 Å². The molecule has 0 spiro atoms. The summed E-state index contributed by atoms with van der Waals surface area (Å²) in [6, 6.07) is 5.55. The van der Waals surface area contributed by atoms with Crippen molar-refractivity contribution in [1.29, 1.82) is 0 Å². The van der Waals surface area contributed by atoms with E-state index >= 15 is 0 Å². The largest absolute Gasteiger partial charge is 0.501 e. The Kier molecular flexibility index (Phi) is 4.74. The van der Waals surface area contributed by atoms with E-state index in [4.69, 9.17) is 5.11 Å². The smallest absolute Gasteiger partial charge is 0.358 e. The van der Waals surface area contributed by atoms with Gasteiger partial charge in [0.15, 0.2) is 11.5 Å². The minimum atomic E-state index is -1.57. The Morgan fingerprint density at radius 2 is 2.04 bits per heavy atom. The summed E-state index contributed by atoms with van der Waals surface area (Å²) in [6.45, 7) is 1.57. The Balaban J connectivity index is 1.97. The summed E-state index contributed by atoms with van der Waals surface area (Å²) < 4.78 is 13.7. The summed E-state index contributed by atoms with van der Waals surface area (Å²) in [7, 11) is 0. The molecule has 0 fully saturated rings. The highest BCUT2D eigenvalue weighted by atomic mass is 32.1. The van der Waals surface area contributed by atoms with Crippen LogP contribution in [-0.4, -0.2) is 32.1 Å². The lowest BCUT2D eigenvalue weighted by Crippen LogP contribution is -2.16. The molecule has 0 bridgehead atoms. The van der Waals surface area contributed by atoms with Crippen LogP contribution in [0.1, 0.15) is 26.4 Å². The summed E-state index contributed by atoms with van der Waals surface area (Å²) in [5, 5.41) is 22.7. The van der Waals surface area contributed by atoms with Crippen molar-refractivity contribution >= 4 is 28.9 Å². The number of hydrogen-bond acceptors (Lipinski definition) is 6. The van der Waals surface area contributed by atoms with Gasteiger partial charge < -0.3 is 20.5 Å². The van der Waals surface area contributed by atoms with Crippen LogP contribution in [0.25, 0.3) is 10.7 Å². The summed E-state index contributed by atoms with van der Waals surface area (Å²) in [5.41, 5.74) is -1.09. The number of hydrogen-bond donors (Lipinski definition) is 4. The van der Waals surface area contributed by atoms with Crippen molar-refractivity contribution in [3.8, 4) is 16.5 Å². The van der Waals surface area contributed by atoms with Crippen molar-refractivity contribution in [2.45, 2.75) is 6.92 Å². The summed E-state index contributed by atoms with van der Waals surface area (Å²) >= 11 is 1.08. The number of aromatic amines is 1. The van der Waals surface area contributed by atoms with Crippen LogP contribution in [0.5, 0.6) is 5.75 Å². The van der Waals surface area contributed by atoms with Gasteiger partial charge in [-0.1, -0.05) is 6.07 Å². The van der Waals surface area contributed by atoms with E-state index in [-0.39, 0.29) is 22.0 Å². The Morgan fingerprint density at radius 3 is 2.70 bits per heavy atom. The molecule has 1 aromatic carbocycles. The second-order valence-corrected chi connectivity index (χ2v) is 6.41. The fraction of sp³-hybridized carbons (Fsp3) is 0.0588. The van der Waals surface area contributed by atoms with Gasteiger partial charge in [0.25, 0.3) is 11.5 Å². The molecule has 138 valence electrons. The number of aromatic hydroxyl groups is 1. The number of nitrogens with zero attached hydrogens (tertiary/aromatic N) is 1. The topological polar surface area (TPSA) is 132 Å². The number of amides is 1. The third-order valence-corrected chi connectivity index (χ3v) is 4.58. The third-order valence-electron chi connectivity index (χ3n) is 3.66. The van der Waals surface area contributed by atoms with Gasteiger partial charge >= 0.3 is 5.97 Å². The first kappa shape index (κ1) is 18.3. The Bertz CT molecular complexity index is 1120. The Morgan fingerprint density at radius 1 is 1.30 bits per heavy atom. The van der Waals surface area contributed by atoms with E-state index in [0.717, 1.165) is 17.4 Å². The number of H-pyrrole nitrogens is 1. The number of carbonyl (C=O) groups is 2. The number of nitrogens with one attached hydrogen (secondary N) is 2. The average molecular weight is 389 g/mol. The number of rotatable bonds is 4. The fourth-order valence-electron chi connectivity index (χ4n) is 2.24. The first-order valence-corrected chi connectivity index (χ1v) is 8.38. The molecule has 0 atom stereocenters. The summed E-state index contributed by atoms with van der Waals surface area (Å²) in [6.07, 6.45) is 0. The van der Waals surface area contributed by atoms with Gasteiger partial charge in [0, 0.05) is 5.56 Å². The van der Waals surface area contributed by atoms with Crippen LogP contribution in [0.2, 0.25) is 0 Å². The van der Waals surface area contributed by atoms with E-state index < -0.39 is 34.7 Å². The van der Waals surface area contributed by atoms with Crippen LogP contribution in [0, 0.1) is 12.7 Å². The highest BCUT2D eigenvalue weighted by molar-refractivity contribution is 7.14. The molecule has 2 heterocycles. The summed E-state index contributed by atoms with van der Waals surface area (Å²) in [4.78, 5) is 41.5. The van der Waals surface area contributed by atoms with Crippen LogP contribution >= 0.6 is 11.3 Å². The molecular weight excluding hydrogens is 377 g/mol. The number of carboxylic acids is 1. The zero-order chi connectivity index (χ0) is 19.7. The van der Waals surface area contributed by atoms with E-state index in [1.807, 2.05) is 0 Å². The number of anilines is 1. The molecular formula is C17H12FN3O5S. The van der Waals surface area contributed by atoms with Gasteiger partial charge in [-0.05, 0) is 36.1 Å². The van der Waals surface area contributed by atoms with Crippen molar-refractivity contribution in [2.24, 2.45) is 0 Å². The van der Waals surface area contributed by atoms with Gasteiger partial charge in [-0.15, -0.1) is 11.3 Å². The number of aryl methyl sites for hydroxylation is 1. The molecule has 4 N–H and O–H groups in total. The first-order valence-electron chi connectivity index (χ1n) is 7.50. The molecule has 2 aromatic heterocycles. The first-order chi connectivity index (χ1) is 12.8. The number of halogens is 1. The second-order valence-electron chi connectivity index (χ2n) is 5.50. The lowest BCUT2D eigenvalue weighted by molar-refractivity contribution is 0.0686. The van der Waals surface area contributed by atoms with Crippen LogP contribution in [0.15, 0.2) is 34.4 Å². The van der Waals surface area contributed by atoms with E-state index in [1.165, 1.54) is 18.2 Å². The van der Waals surface area contributed by atoms with Crippen molar-refractivity contribution in [1.82, 2.24) is 9.97 Å². The van der Waals surface area contributed by atoms with Crippen LogP contribution in [0.3, 0.4) is 0 Å². The molecule has 27 heavy (non-hydrogen) atoms. The van der Waals surface area contributed by atoms with Gasteiger partial charge in [0.05, 0.1) is 10.6 Å². The van der Waals surface area contributed by atoms with E-state index in [9.17, 15) is 23.9 Å². The SMILES string of the molecule is Cc1ccc(C(=O)Nc2ccsc2-c2nc(C(=O)O)c(O)c(=O)[nH]2)cc1F. The van der Waals surface area contributed by atoms with Gasteiger partial charge in [0.2, 0.25) is 5.75 Å². The van der Waals surface area contributed by atoms with Crippen molar-refractivity contribution in [2.75, 3.05) is 5.32 Å². The molecule has 3 aromatic rings. The van der Waals surface area contributed by atoms with Crippen molar-refractivity contribution < 1.29 is 24.2 Å². The standard InChI is InChI=1S/C17H12FN3O5S/c1-7-2-3-8(6-9(7)18)15(23)19-10-4-5-27-13(10)14-20-11(17(25)26)12(22)16(24)21-14/h2-6,22H,1H3,(H,19,23)(H,25,26)(H,20,21,24). The van der Waals surface area contributed by atoms with E-state index in [2.05, 4.69) is 15.3 Å². The number of thiophene rings is 1. The molecule has 0 aliphatic carbocycles. The minimum Gasteiger partial charge on any atom is -0.501 e. The number of carbonyl (C=O) groups excluding carboxylic acids is 1. The molecule has 0 radical (unpaired) electrons. The van der Waals surface area contributed by atoms with Gasteiger partial charge in [-0.3, -0.25) is 9.59 Å². The minimum absolute atomic E-state index is 0.0913. The summed E-state index contributed by atoms with van der Waals surface area (Å²) in [5.74, 6) is -3.83. The monoisotopic (exact) mass is 389 g/mol. The highest BCUT2D eigenvalue weighted by Crippen LogP contribution is 2.32. The van der Waals surface area contributed by atoms with Crippen LogP contribution in [0.4, 0.5) is 10.1 Å². The van der Waals surface area contributed by atoms with Gasteiger partial charge in [0.1, 0.15) is 5.82 Å². The van der Waals surface area contributed by atoms with Crippen LogP contribution < -0.4 is 10.9 Å². The Labute approximate surface area is 155 Å². The predicted octanol–water partition coefficient (Wildman–Crippen LogP) is 2.60. The molecule has 1 amide bonds. The second kappa shape index (κ2) is 7.00. The van der Waals surface area contributed by atoms with Gasteiger partial charge in [-0.25, -0.2) is 14.2 Å². The number of aromatic carboxylic acids is 1. The maximum Gasteiger partial charge on any atom is 0.358 e. The molecule has 0 unspecified atom stereocenters. The molecule has 10 heteroatoms. The Hall–Kier alpha value is -3.53.